The van der Waals surface area contributed by atoms with Crippen LogP contribution in [0.15, 0.2) is 52.0 Å². The van der Waals surface area contributed by atoms with Crippen LogP contribution in [0.25, 0.3) is 0 Å². The third-order valence-electron chi connectivity index (χ3n) is 3.67. The first-order valence-electron chi connectivity index (χ1n) is 7.75. The predicted octanol–water partition coefficient (Wildman–Crippen LogP) is 4.16. The largest absolute Gasteiger partial charge is 0.497 e. The van der Waals surface area contributed by atoms with Crippen LogP contribution < -0.4 is 15.6 Å². The maximum Gasteiger partial charge on any atom is 0.294 e. The smallest absolute Gasteiger partial charge is 0.294 e. The molecule has 0 spiro atoms. The van der Waals surface area contributed by atoms with Crippen molar-refractivity contribution in [1.82, 2.24) is 14.5 Å². The molecular formula is C18H16BrClN4O2. The van der Waals surface area contributed by atoms with Crippen molar-refractivity contribution in [3.8, 4) is 5.75 Å². The Bertz CT molecular complexity index is 989. The molecule has 6 nitrogen and oxygen atoms in total. The minimum absolute atomic E-state index is 0.114. The maximum absolute atomic E-state index is 12.7. The van der Waals surface area contributed by atoms with E-state index in [4.69, 9.17) is 16.3 Å². The fraction of sp³-hybridized carbons (Fsp3) is 0.167. The molecule has 2 heterocycles. The third kappa shape index (κ3) is 4.23. The molecule has 8 heteroatoms. The molecule has 2 aromatic heterocycles. The molecule has 0 aliphatic heterocycles. The average Bonchev–Trinajstić information content (AvgIpc) is 2.62. The summed E-state index contributed by atoms with van der Waals surface area (Å²) in [6.45, 7) is 2.29. The molecule has 0 saturated heterocycles. The van der Waals surface area contributed by atoms with Gasteiger partial charge in [-0.25, -0.2) is 9.97 Å². The first kappa shape index (κ1) is 18.4. The van der Waals surface area contributed by atoms with E-state index < -0.39 is 0 Å². The monoisotopic (exact) mass is 434 g/mol. The zero-order valence-electron chi connectivity index (χ0n) is 14.2. The highest BCUT2D eigenvalue weighted by Crippen LogP contribution is 2.23. The lowest BCUT2D eigenvalue weighted by Gasteiger charge is -2.11. The number of methoxy groups -OCH3 is 1. The molecule has 0 bridgehead atoms. The number of anilines is 2. The maximum atomic E-state index is 12.7. The first-order chi connectivity index (χ1) is 12.5. The third-order valence-corrected chi connectivity index (χ3v) is 4.46. The summed E-state index contributed by atoms with van der Waals surface area (Å²) in [6.07, 6.45) is 3.21. The van der Waals surface area contributed by atoms with E-state index in [2.05, 4.69) is 31.2 Å². The highest BCUT2D eigenvalue weighted by molar-refractivity contribution is 9.10. The van der Waals surface area contributed by atoms with Crippen LogP contribution in [0.2, 0.25) is 5.15 Å². The van der Waals surface area contributed by atoms with Crippen LogP contribution in [-0.4, -0.2) is 21.6 Å². The van der Waals surface area contributed by atoms with Gasteiger partial charge in [-0.05, 0) is 52.2 Å². The molecule has 0 radical (unpaired) electrons. The number of hydrogen-bond donors (Lipinski definition) is 1. The SMILES string of the molecule is COc1ccc(Cn2cc(Cl)nc(Nc3ncc(C)cc3Br)c2=O)cc1. The molecule has 0 unspecified atom stereocenters. The van der Waals surface area contributed by atoms with Crippen LogP contribution >= 0.6 is 27.5 Å². The summed E-state index contributed by atoms with van der Waals surface area (Å²) in [7, 11) is 1.61. The number of pyridine rings is 1. The van der Waals surface area contributed by atoms with Gasteiger partial charge in [0.25, 0.3) is 5.56 Å². The van der Waals surface area contributed by atoms with Crippen LogP contribution in [0, 0.1) is 6.92 Å². The van der Waals surface area contributed by atoms with Gasteiger partial charge in [0.05, 0.1) is 18.1 Å². The summed E-state index contributed by atoms with van der Waals surface area (Å²) in [5.74, 6) is 1.37. The summed E-state index contributed by atoms with van der Waals surface area (Å²) in [5.41, 5.74) is 1.65. The molecule has 1 N–H and O–H groups in total. The van der Waals surface area contributed by atoms with Crippen LogP contribution in [0.3, 0.4) is 0 Å². The van der Waals surface area contributed by atoms with Gasteiger partial charge in [0.2, 0.25) is 0 Å². The van der Waals surface area contributed by atoms with Gasteiger partial charge in [0, 0.05) is 12.4 Å². The molecule has 1 aromatic carbocycles. The molecule has 0 aliphatic carbocycles. The standard InChI is InChI=1S/C18H16BrClN4O2/c1-11-7-14(19)16(21-8-11)23-17-18(25)24(10-15(20)22-17)9-12-3-5-13(26-2)6-4-12/h3-8,10H,9H2,1-2H3,(H,21,22,23). The van der Waals surface area contributed by atoms with Crippen molar-refractivity contribution in [2.24, 2.45) is 0 Å². The Labute approximate surface area is 164 Å². The van der Waals surface area contributed by atoms with Crippen LogP contribution in [0.1, 0.15) is 11.1 Å². The van der Waals surface area contributed by atoms with Gasteiger partial charge in [-0.3, -0.25) is 4.79 Å². The van der Waals surface area contributed by atoms with Crippen molar-refractivity contribution in [2.75, 3.05) is 12.4 Å². The second kappa shape index (κ2) is 7.88. The minimum Gasteiger partial charge on any atom is -0.497 e. The Morgan fingerprint density at radius 1 is 1.27 bits per heavy atom. The molecule has 134 valence electrons. The summed E-state index contributed by atoms with van der Waals surface area (Å²) in [5, 5.41) is 3.16. The molecule has 0 saturated carbocycles. The molecule has 3 rings (SSSR count). The van der Waals surface area contributed by atoms with Crippen molar-refractivity contribution in [2.45, 2.75) is 13.5 Å². The van der Waals surface area contributed by atoms with Gasteiger partial charge in [-0.15, -0.1) is 0 Å². The van der Waals surface area contributed by atoms with Crippen molar-refractivity contribution >= 4 is 39.2 Å². The second-order valence-electron chi connectivity index (χ2n) is 5.66. The number of aryl methyl sites for hydroxylation is 1. The van der Waals surface area contributed by atoms with E-state index in [1.54, 1.807) is 13.3 Å². The van der Waals surface area contributed by atoms with E-state index in [1.807, 2.05) is 37.3 Å². The van der Waals surface area contributed by atoms with Crippen molar-refractivity contribution in [3.05, 3.63) is 73.8 Å². The molecule has 3 aromatic rings. The lowest BCUT2D eigenvalue weighted by atomic mass is 10.2. The Balaban J connectivity index is 1.91. The Hall–Kier alpha value is -2.38. The van der Waals surface area contributed by atoms with E-state index in [-0.39, 0.29) is 16.5 Å². The van der Waals surface area contributed by atoms with Crippen LogP contribution in [0.5, 0.6) is 5.75 Å². The van der Waals surface area contributed by atoms with Crippen LogP contribution in [-0.2, 0) is 6.54 Å². The molecular weight excluding hydrogens is 420 g/mol. The van der Waals surface area contributed by atoms with Crippen molar-refractivity contribution < 1.29 is 4.74 Å². The number of rotatable bonds is 5. The number of nitrogens with one attached hydrogen (secondary N) is 1. The minimum atomic E-state index is -0.292. The van der Waals surface area contributed by atoms with Gasteiger partial charge in [-0.2, -0.15) is 0 Å². The topological polar surface area (TPSA) is 69.0 Å². The zero-order chi connectivity index (χ0) is 18.7. The fourth-order valence-corrected chi connectivity index (χ4v) is 3.14. The molecule has 0 fully saturated rings. The highest BCUT2D eigenvalue weighted by atomic mass is 79.9. The fourth-order valence-electron chi connectivity index (χ4n) is 2.37. The number of halogens is 2. The number of ether oxygens (including phenoxy) is 1. The zero-order valence-corrected chi connectivity index (χ0v) is 16.5. The number of nitrogens with zero attached hydrogens (tertiary/aromatic N) is 3. The molecule has 0 atom stereocenters. The van der Waals surface area contributed by atoms with E-state index in [1.165, 1.54) is 10.8 Å². The lowest BCUT2D eigenvalue weighted by Crippen LogP contribution is -2.24. The number of hydrogen-bond acceptors (Lipinski definition) is 5. The Morgan fingerprint density at radius 3 is 2.65 bits per heavy atom. The molecule has 26 heavy (non-hydrogen) atoms. The molecule has 0 aliphatic rings. The van der Waals surface area contributed by atoms with Crippen molar-refractivity contribution in [3.63, 3.8) is 0 Å². The average molecular weight is 436 g/mol. The quantitative estimate of drug-likeness (QED) is 0.651. The van der Waals surface area contributed by atoms with Crippen molar-refractivity contribution in [1.29, 1.82) is 0 Å². The van der Waals surface area contributed by atoms with Gasteiger partial charge in [-0.1, -0.05) is 23.7 Å². The molecule has 0 amide bonds. The Kier molecular flexibility index (Phi) is 5.58. The van der Waals surface area contributed by atoms with E-state index in [9.17, 15) is 4.79 Å². The summed E-state index contributed by atoms with van der Waals surface area (Å²) in [4.78, 5) is 21.1. The van der Waals surface area contributed by atoms with Gasteiger partial charge >= 0.3 is 0 Å². The second-order valence-corrected chi connectivity index (χ2v) is 6.90. The summed E-state index contributed by atoms with van der Waals surface area (Å²) >= 11 is 9.53. The van der Waals surface area contributed by atoms with E-state index in [0.29, 0.717) is 12.4 Å². The summed E-state index contributed by atoms with van der Waals surface area (Å²) in [6, 6.07) is 9.37. The van der Waals surface area contributed by atoms with E-state index in [0.717, 1.165) is 21.3 Å². The number of benzene rings is 1. The van der Waals surface area contributed by atoms with Gasteiger partial charge < -0.3 is 14.6 Å². The van der Waals surface area contributed by atoms with E-state index >= 15 is 0 Å². The lowest BCUT2D eigenvalue weighted by molar-refractivity contribution is 0.414. The predicted molar refractivity (Wildman–Crippen MR) is 106 cm³/mol. The van der Waals surface area contributed by atoms with Gasteiger partial charge in [0.15, 0.2) is 5.82 Å². The summed E-state index contributed by atoms with van der Waals surface area (Å²) < 4.78 is 7.38. The van der Waals surface area contributed by atoms with Gasteiger partial charge in [0.1, 0.15) is 16.7 Å². The normalized spacial score (nSPS) is 10.6. The van der Waals surface area contributed by atoms with Crippen LogP contribution in [0.4, 0.5) is 11.6 Å². The Morgan fingerprint density at radius 2 is 2.00 bits per heavy atom. The first-order valence-corrected chi connectivity index (χ1v) is 8.92. The number of aromatic nitrogens is 3. The highest BCUT2D eigenvalue weighted by Gasteiger charge is 2.11.